The second-order valence-electron chi connectivity index (χ2n) is 19.3. The molecule has 0 aromatic heterocycles. The van der Waals surface area contributed by atoms with Crippen LogP contribution in [0.3, 0.4) is 0 Å². The molecule has 0 unspecified atom stereocenters. The van der Waals surface area contributed by atoms with Crippen LogP contribution in [-0.4, -0.2) is 154 Å². The van der Waals surface area contributed by atoms with Gasteiger partial charge >= 0.3 is 0 Å². The maximum absolute atomic E-state index is 12.5. The molecular weight excluding hydrogens is 740 g/mol. The Morgan fingerprint density at radius 1 is 0.754 bits per heavy atom. The summed E-state index contributed by atoms with van der Waals surface area (Å²) in [6, 6.07) is 0. The molecule has 0 aromatic rings. The second-order valence-corrected chi connectivity index (χ2v) is 19.3. The molecular formula is C43H74O14. The molecule has 6 rings (SSSR count). The van der Waals surface area contributed by atoms with E-state index in [0.717, 1.165) is 43.3 Å². The van der Waals surface area contributed by atoms with Crippen molar-refractivity contribution >= 4 is 0 Å². The number of hydrogen-bond donors (Lipinski definition) is 8. The number of hydrogen-bond acceptors (Lipinski definition) is 14. The molecule has 14 heteroatoms. The number of aliphatic hydroxyl groups excluding tert-OH is 8. The Bertz CT molecular complexity index is 1360. The number of rotatable bonds is 16. The molecule has 0 radical (unpaired) electrons. The molecule has 57 heavy (non-hydrogen) atoms. The van der Waals surface area contributed by atoms with E-state index in [4.69, 9.17) is 28.4 Å². The van der Waals surface area contributed by atoms with Crippen LogP contribution >= 0.6 is 0 Å². The summed E-state index contributed by atoms with van der Waals surface area (Å²) in [5, 5.41) is 89.2. The summed E-state index contributed by atoms with van der Waals surface area (Å²) in [6.45, 7) is 13.3. The van der Waals surface area contributed by atoms with E-state index in [0.29, 0.717) is 37.5 Å². The molecule has 8 N–H and O–H groups in total. The highest BCUT2D eigenvalue weighted by molar-refractivity contribution is 5.40. The third-order valence-electron chi connectivity index (χ3n) is 15.7. The van der Waals surface area contributed by atoms with Gasteiger partial charge < -0.3 is 69.3 Å². The number of fused-ring (bicyclic) bond motifs is 4. The second kappa shape index (κ2) is 18.3. The minimum Gasteiger partial charge on any atom is -0.393 e. The lowest BCUT2D eigenvalue weighted by Gasteiger charge is -2.60. The van der Waals surface area contributed by atoms with Crippen molar-refractivity contribution in [3.63, 3.8) is 0 Å². The molecule has 0 spiro atoms. The van der Waals surface area contributed by atoms with E-state index < -0.39 is 91.2 Å². The molecule has 2 saturated heterocycles. The van der Waals surface area contributed by atoms with Gasteiger partial charge in [0.05, 0.1) is 31.5 Å². The van der Waals surface area contributed by atoms with Crippen LogP contribution in [0.2, 0.25) is 0 Å². The largest absolute Gasteiger partial charge is 0.393 e. The SMILES string of the molecule is CC[C@@H](CC[C@@H](C)[C@H]1[C@H](O[C@@H]2O[C@@H]([C@H](O)COC)[C@H](O)[C@H]2O)CC2=C3[C@@H](O[C@@H]4O[C@@H]([C@H](O)COC)[C@H](O)[C@H]4O)[C@@H](O)[C@H]4C[C@H](O)CC[C@]4(C)[C@H]3CC[C@@]21C)C(C)C. The lowest BCUT2D eigenvalue weighted by Crippen LogP contribution is -2.60. The van der Waals surface area contributed by atoms with Gasteiger partial charge in [0.1, 0.15) is 54.9 Å². The molecule has 3 saturated carbocycles. The van der Waals surface area contributed by atoms with Crippen LogP contribution in [0.5, 0.6) is 0 Å². The Balaban J connectivity index is 1.41. The Hall–Kier alpha value is -0.820. The van der Waals surface area contributed by atoms with Gasteiger partial charge in [0, 0.05) is 14.2 Å². The summed E-state index contributed by atoms with van der Waals surface area (Å²) in [6.07, 6.45) is -9.22. The lowest BCUT2D eigenvalue weighted by molar-refractivity contribution is -0.236. The molecule has 330 valence electrons. The fourth-order valence-corrected chi connectivity index (χ4v) is 12.5. The van der Waals surface area contributed by atoms with E-state index in [2.05, 4.69) is 41.5 Å². The van der Waals surface area contributed by atoms with E-state index in [-0.39, 0.29) is 42.3 Å². The van der Waals surface area contributed by atoms with Gasteiger partial charge in [0.25, 0.3) is 0 Å². The highest BCUT2D eigenvalue weighted by Crippen LogP contribution is 2.67. The molecule has 0 aromatic carbocycles. The maximum Gasteiger partial charge on any atom is 0.187 e. The zero-order chi connectivity index (χ0) is 41.7. The maximum atomic E-state index is 12.5. The van der Waals surface area contributed by atoms with Crippen LogP contribution < -0.4 is 0 Å². The summed E-state index contributed by atoms with van der Waals surface area (Å²) in [7, 11) is 2.86. The van der Waals surface area contributed by atoms with Gasteiger partial charge in [0.2, 0.25) is 0 Å². The zero-order valence-electron chi connectivity index (χ0n) is 35.4. The van der Waals surface area contributed by atoms with Crippen molar-refractivity contribution in [3.05, 3.63) is 11.1 Å². The van der Waals surface area contributed by atoms with E-state index in [1.807, 2.05) is 0 Å². The fraction of sp³-hybridized carbons (Fsp3) is 0.953. The minimum atomic E-state index is -1.51. The first kappa shape index (κ1) is 45.7. The van der Waals surface area contributed by atoms with Gasteiger partial charge in [-0.2, -0.15) is 0 Å². The average Bonchev–Trinajstić information content (AvgIpc) is 3.73. The van der Waals surface area contributed by atoms with Gasteiger partial charge in [-0.05, 0) is 96.9 Å². The van der Waals surface area contributed by atoms with Crippen molar-refractivity contribution in [3.8, 4) is 0 Å². The van der Waals surface area contributed by atoms with Crippen LogP contribution in [0.1, 0.15) is 99.3 Å². The van der Waals surface area contributed by atoms with Crippen molar-refractivity contribution in [2.75, 3.05) is 27.4 Å². The van der Waals surface area contributed by atoms with Gasteiger partial charge in [-0.15, -0.1) is 0 Å². The summed E-state index contributed by atoms with van der Waals surface area (Å²) in [5.74, 6) is 0.853. The molecule has 5 fully saturated rings. The van der Waals surface area contributed by atoms with E-state index in [1.165, 1.54) is 14.2 Å². The monoisotopic (exact) mass is 815 g/mol. The molecule has 21 atom stereocenters. The van der Waals surface area contributed by atoms with Crippen LogP contribution in [0, 0.1) is 46.3 Å². The van der Waals surface area contributed by atoms with E-state index in [9.17, 15) is 40.9 Å². The van der Waals surface area contributed by atoms with Gasteiger partial charge in [-0.3, -0.25) is 0 Å². The standard InChI is InChI=1S/C43H74O14/c1-9-22(20(2)3)11-10-21(4)31-29(54-40-35(50)33(48)37(55-40)27(45)18-52-7)17-25-30-24(13-15-43(25,31)6)42(5)14-12-23(44)16-26(42)32(47)39(30)57-41-36(51)34(49)38(56-41)28(46)19-53-8/h20-24,26-29,31-41,44-51H,9-19H2,1-8H3/t21-,22+,23-,24+,26-,27-,28-,29-,31+,32+,33-,34-,35-,36-,37+,38+,39-,40-,41+,42-,43+/m1/s1. The molecule has 4 aliphatic carbocycles. The predicted octanol–water partition coefficient (Wildman–Crippen LogP) is 2.04. The third-order valence-corrected chi connectivity index (χ3v) is 15.7. The topological polar surface area (TPSA) is 217 Å². The van der Waals surface area contributed by atoms with Gasteiger partial charge in [-0.1, -0.05) is 60.0 Å². The Labute approximate surface area is 338 Å². The molecule has 0 bridgehead atoms. The average molecular weight is 815 g/mol. The summed E-state index contributed by atoms with van der Waals surface area (Å²) < 4.78 is 35.8. The van der Waals surface area contributed by atoms with Crippen LogP contribution in [0.4, 0.5) is 0 Å². The number of aliphatic hydroxyl groups is 8. The first-order valence-electron chi connectivity index (χ1n) is 21.7. The quantitative estimate of drug-likeness (QED) is 0.105. The first-order chi connectivity index (χ1) is 26.9. The van der Waals surface area contributed by atoms with Gasteiger partial charge in [-0.25, -0.2) is 0 Å². The van der Waals surface area contributed by atoms with Crippen LogP contribution in [0.25, 0.3) is 0 Å². The number of methoxy groups -OCH3 is 2. The smallest absolute Gasteiger partial charge is 0.187 e. The molecule has 14 nitrogen and oxygen atoms in total. The predicted molar refractivity (Wildman–Crippen MR) is 207 cm³/mol. The summed E-state index contributed by atoms with van der Waals surface area (Å²) in [5.41, 5.74) is 1.24. The third kappa shape index (κ3) is 8.41. The van der Waals surface area contributed by atoms with E-state index in [1.54, 1.807) is 0 Å². The summed E-state index contributed by atoms with van der Waals surface area (Å²) in [4.78, 5) is 0. The molecule has 6 aliphatic rings. The number of ether oxygens (including phenoxy) is 6. The molecule has 0 amide bonds. The Kier molecular flexibility index (Phi) is 14.6. The van der Waals surface area contributed by atoms with E-state index >= 15 is 0 Å². The van der Waals surface area contributed by atoms with Crippen molar-refractivity contribution in [2.45, 2.75) is 185 Å². The normalized spacial score (nSPS) is 46.8. The minimum absolute atomic E-state index is 0.0337. The van der Waals surface area contributed by atoms with Crippen molar-refractivity contribution in [1.82, 2.24) is 0 Å². The highest BCUT2D eigenvalue weighted by atomic mass is 16.7. The Morgan fingerprint density at radius 3 is 1.88 bits per heavy atom. The van der Waals surface area contributed by atoms with Gasteiger partial charge in [0.15, 0.2) is 12.6 Å². The van der Waals surface area contributed by atoms with Crippen LogP contribution in [-0.2, 0) is 28.4 Å². The van der Waals surface area contributed by atoms with Crippen molar-refractivity contribution in [2.24, 2.45) is 46.3 Å². The fourth-order valence-electron chi connectivity index (χ4n) is 12.5. The first-order valence-corrected chi connectivity index (χ1v) is 21.7. The molecule has 2 heterocycles. The lowest BCUT2D eigenvalue weighted by atomic mass is 9.47. The highest BCUT2D eigenvalue weighted by Gasteiger charge is 2.64. The Morgan fingerprint density at radius 2 is 1.33 bits per heavy atom. The van der Waals surface area contributed by atoms with Crippen molar-refractivity contribution in [1.29, 1.82) is 0 Å². The van der Waals surface area contributed by atoms with Crippen LogP contribution in [0.15, 0.2) is 11.1 Å². The zero-order valence-corrected chi connectivity index (χ0v) is 35.4. The van der Waals surface area contributed by atoms with Crippen molar-refractivity contribution < 1.29 is 69.3 Å². The molecule has 2 aliphatic heterocycles. The summed E-state index contributed by atoms with van der Waals surface area (Å²) >= 11 is 0.